The molecule has 2 heterocycles. The maximum Gasteiger partial charge on any atom is 0.274 e. The Labute approximate surface area is 113 Å². The van der Waals surface area contributed by atoms with Gasteiger partial charge in [-0.2, -0.15) is 0 Å². The molecule has 1 aliphatic rings. The Hall–Kier alpha value is -1.69. The van der Waals surface area contributed by atoms with E-state index in [9.17, 15) is 4.79 Å². The predicted molar refractivity (Wildman–Crippen MR) is 72.1 cm³/mol. The lowest BCUT2D eigenvalue weighted by Crippen LogP contribution is -2.50. The third-order valence-corrected chi connectivity index (χ3v) is 3.11. The summed E-state index contributed by atoms with van der Waals surface area (Å²) in [5, 5.41) is 11.0. The Morgan fingerprint density at radius 2 is 2.26 bits per heavy atom. The zero-order chi connectivity index (χ0) is 13.8. The molecule has 0 radical (unpaired) electrons. The second-order valence-corrected chi connectivity index (χ2v) is 4.78. The number of anilines is 1. The van der Waals surface area contributed by atoms with E-state index in [1.807, 2.05) is 20.8 Å². The Kier molecular flexibility index (Phi) is 4.31. The number of morpholine rings is 1. The van der Waals surface area contributed by atoms with E-state index in [2.05, 4.69) is 15.5 Å². The fourth-order valence-electron chi connectivity index (χ4n) is 2.06. The molecule has 2 unspecified atom stereocenters. The monoisotopic (exact) mass is 264 g/mol. The van der Waals surface area contributed by atoms with Gasteiger partial charge >= 0.3 is 0 Å². The molecule has 0 aliphatic carbocycles. The van der Waals surface area contributed by atoms with E-state index in [1.165, 1.54) is 0 Å². The molecule has 1 aromatic rings. The minimum Gasteiger partial charge on any atom is -0.375 e. The van der Waals surface area contributed by atoms with E-state index < -0.39 is 0 Å². The SMILES string of the molecule is CCNc1ccc(C(=O)N2CC(C)OCC2C)nn1. The van der Waals surface area contributed by atoms with Crippen molar-refractivity contribution < 1.29 is 9.53 Å². The first kappa shape index (κ1) is 13.7. The van der Waals surface area contributed by atoms with E-state index >= 15 is 0 Å². The molecule has 6 nitrogen and oxygen atoms in total. The van der Waals surface area contributed by atoms with Gasteiger partial charge in [0.1, 0.15) is 5.82 Å². The van der Waals surface area contributed by atoms with Gasteiger partial charge in [0.05, 0.1) is 18.8 Å². The lowest BCUT2D eigenvalue weighted by Gasteiger charge is -2.36. The van der Waals surface area contributed by atoms with Crippen LogP contribution in [0.25, 0.3) is 0 Å². The zero-order valence-corrected chi connectivity index (χ0v) is 11.6. The summed E-state index contributed by atoms with van der Waals surface area (Å²) in [6.07, 6.45) is 0.0640. The molecule has 1 aromatic heterocycles. The van der Waals surface area contributed by atoms with E-state index in [4.69, 9.17) is 4.74 Å². The van der Waals surface area contributed by atoms with Gasteiger partial charge in [-0.05, 0) is 32.9 Å². The highest BCUT2D eigenvalue weighted by atomic mass is 16.5. The van der Waals surface area contributed by atoms with E-state index in [0.717, 1.165) is 6.54 Å². The van der Waals surface area contributed by atoms with Crippen molar-refractivity contribution in [2.45, 2.75) is 32.9 Å². The molecule has 1 aliphatic heterocycles. The van der Waals surface area contributed by atoms with E-state index in [0.29, 0.717) is 24.7 Å². The molecule has 2 rings (SSSR count). The molecule has 2 atom stereocenters. The fourth-order valence-corrected chi connectivity index (χ4v) is 2.06. The van der Waals surface area contributed by atoms with Crippen LogP contribution < -0.4 is 5.32 Å². The van der Waals surface area contributed by atoms with Gasteiger partial charge in [0, 0.05) is 13.1 Å². The highest BCUT2D eigenvalue weighted by Crippen LogP contribution is 2.14. The standard InChI is InChI=1S/C13H20N4O2/c1-4-14-12-6-5-11(15-16-12)13(18)17-7-10(3)19-8-9(17)2/h5-6,9-10H,4,7-8H2,1-3H3,(H,14,16). The van der Waals surface area contributed by atoms with Crippen molar-refractivity contribution in [2.75, 3.05) is 25.0 Å². The minimum absolute atomic E-state index is 0.0640. The maximum atomic E-state index is 12.4. The summed E-state index contributed by atoms with van der Waals surface area (Å²) in [7, 11) is 0. The molecule has 6 heteroatoms. The number of nitrogens with zero attached hydrogens (tertiary/aromatic N) is 3. The third kappa shape index (κ3) is 3.20. The molecule has 0 saturated carbocycles. The number of carbonyl (C=O) groups is 1. The van der Waals surface area contributed by atoms with Crippen LogP contribution in [0.1, 0.15) is 31.3 Å². The van der Waals surface area contributed by atoms with Crippen LogP contribution in [-0.2, 0) is 4.74 Å². The second-order valence-electron chi connectivity index (χ2n) is 4.78. The Morgan fingerprint density at radius 3 is 2.89 bits per heavy atom. The molecular weight excluding hydrogens is 244 g/mol. The Balaban J connectivity index is 2.09. The summed E-state index contributed by atoms with van der Waals surface area (Å²) >= 11 is 0. The molecule has 104 valence electrons. The molecule has 0 bridgehead atoms. The fraction of sp³-hybridized carbons (Fsp3) is 0.615. The highest BCUT2D eigenvalue weighted by Gasteiger charge is 2.29. The van der Waals surface area contributed by atoms with Crippen molar-refractivity contribution in [1.82, 2.24) is 15.1 Å². The summed E-state index contributed by atoms with van der Waals surface area (Å²) < 4.78 is 5.52. The smallest absolute Gasteiger partial charge is 0.274 e. The number of aromatic nitrogens is 2. The molecule has 0 aromatic carbocycles. The molecular formula is C13H20N4O2. The van der Waals surface area contributed by atoms with Crippen LogP contribution in [0.4, 0.5) is 5.82 Å². The van der Waals surface area contributed by atoms with Crippen LogP contribution in [0, 0.1) is 0 Å². The lowest BCUT2D eigenvalue weighted by molar-refractivity contribution is -0.0389. The molecule has 1 saturated heterocycles. The minimum atomic E-state index is -0.0850. The van der Waals surface area contributed by atoms with Gasteiger partial charge in [0.2, 0.25) is 0 Å². The normalized spacial score (nSPS) is 23.2. The number of carbonyl (C=O) groups excluding carboxylic acids is 1. The van der Waals surface area contributed by atoms with Crippen LogP contribution in [-0.4, -0.2) is 52.8 Å². The van der Waals surface area contributed by atoms with Gasteiger partial charge in [-0.3, -0.25) is 4.79 Å². The topological polar surface area (TPSA) is 67.4 Å². The van der Waals surface area contributed by atoms with Crippen LogP contribution in [0.5, 0.6) is 0 Å². The van der Waals surface area contributed by atoms with Gasteiger partial charge < -0.3 is 15.0 Å². The number of ether oxygens (including phenoxy) is 1. The second kappa shape index (κ2) is 5.97. The van der Waals surface area contributed by atoms with Crippen molar-refractivity contribution in [1.29, 1.82) is 0 Å². The molecule has 1 N–H and O–H groups in total. The molecule has 1 fully saturated rings. The molecule has 1 amide bonds. The van der Waals surface area contributed by atoms with Crippen molar-refractivity contribution >= 4 is 11.7 Å². The summed E-state index contributed by atoms with van der Waals surface area (Å²) in [5.41, 5.74) is 0.377. The van der Waals surface area contributed by atoms with Gasteiger partial charge in [0.15, 0.2) is 5.69 Å². The summed E-state index contributed by atoms with van der Waals surface area (Å²) in [6, 6.07) is 3.55. The average Bonchev–Trinajstić information content (AvgIpc) is 2.42. The Morgan fingerprint density at radius 1 is 1.47 bits per heavy atom. The number of rotatable bonds is 3. The largest absolute Gasteiger partial charge is 0.375 e. The van der Waals surface area contributed by atoms with Gasteiger partial charge in [-0.1, -0.05) is 0 Å². The summed E-state index contributed by atoms with van der Waals surface area (Å²) in [4.78, 5) is 14.2. The quantitative estimate of drug-likeness (QED) is 0.887. The first-order chi connectivity index (χ1) is 9.11. The van der Waals surface area contributed by atoms with Gasteiger partial charge in [0.25, 0.3) is 5.91 Å². The third-order valence-electron chi connectivity index (χ3n) is 3.11. The van der Waals surface area contributed by atoms with Crippen LogP contribution in [0.2, 0.25) is 0 Å². The first-order valence-corrected chi connectivity index (χ1v) is 6.62. The molecule has 0 spiro atoms. The van der Waals surface area contributed by atoms with Crippen molar-refractivity contribution in [3.05, 3.63) is 17.8 Å². The average molecular weight is 264 g/mol. The van der Waals surface area contributed by atoms with Crippen LogP contribution in [0.3, 0.4) is 0 Å². The van der Waals surface area contributed by atoms with Crippen LogP contribution >= 0.6 is 0 Å². The first-order valence-electron chi connectivity index (χ1n) is 6.62. The maximum absolute atomic E-state index is 12.4. The predicted octanol–water partition coefficient (Wildman–Crippen LogP) is 1.16. The Bertz CT molecular complexity index is 435. The number of amides is 1. The van der Waals surface area contributed by atoms with Crippen LogP contribution in [0.15, 0.2) is 12.1 Å². The summed E-state index contributed by atoms with van der Waals surface area (Å²) in [6.45, 7) is 7.86. The van der Waals surface area contributed by atoms with E-state index in [-0.39, 0.29) is 18.1 Å². The van der Waals surface area contributed by atoms with E-state index in [1.54, 1.807) is 17.0 Å². The highest BCUT2D eigenvalue weighted by molar-refractivity contribution is 5.92. The van der Waals surface area contributed by atoms with Gasteiger partial charge in [-0.15, -0.1) is 10.2 Å². The number of nitrogens with one attached hydrogen (secondary N) is 1. The van der Waals surface area contributed by atoms with Gasteiger partial charge in [-0.25, -0.2) is 0 Å². The number of hydrogen-bond acceptors (Lipinski definition) is 5. The number of hydrogen-bond donors (Lipinski definition) is 1. The summed E-state index contributed by atoms with van der Waals surface area (Å²) in [5.74, 6) is 0.598. The molecule has 19 heavy (non-hydrogen) atoms. The van der Waals surface area contributed by atoms with Crippen molar-refractivity contribution in [3.8, 4) is 0 Å². The lowest BCUT2D eigenvalue weighted by atomic mass is 10.2. The van der Waals surface area contributed by atoms with Crippen molar-refractivity contribution in [2.24, 2.45) is 0 Å². The zero-order valence-electron chi connectivity index (χ0n) is 11.6. The van der Waals surface area contributed by atoms with Crippen molar-refractivity contribution in [3.63, 3.8) is 0 Å².